The Morgan fingerprint density at radius 1 is 0.783 bits per heavy atom. The topological polar surface area (TPSA) is 38.1 Å². The van der Waals surface area contributed by atoms with E-state index >= 15 is 0 Å². The van der Waals surface area contributed by atoms with Crippen LogP contribution in [0.3, 0.4) is 0 Å². The van der Waals surface area contributed by atoms with Crippen LogP contribution in [0, 0.1) is 27.7 Å². The van der Waals surface area contributed by atoms with E-state index in [1.165, 1.54) is 30.5 Å². The summed E-state index contributed by atoms with van der Waals surface area (Å²) in [5, 5.41) is 0. The first-order chi connectivity index (χ1) is 10.8. The van der Waals surface area contributed by atoms with Crippen molar-refractivity contribution in [2.45, 2.75) is 41.5 Å². The molecule has 0 aliphatic heterocycles. The first-order valence-corrected chi connectivity index (χ1v) is 11.5. The van der Waals surface area contributed by atoms with Crippen LogP contribution >= 0.6 is 0 Å². The van der Waals surface area contributed by atoms with E-state index in [1.54, 1.807) is 0 Å². The van der Waals surface area contributed by atoms with Gasteiger partial charge in [-0.25, -0.2) is 0 Å². The molecule has 2 rings (SSSR count). The third-order valence-corrected chi connectivity index (χ3v) is 13.5. The number of H-pyrrole nitrogens is 2. The van der Waals surface area contributed by atoms with Crippen molar-refractivity contribution >= 4 is 7.74 Å². The molecule has 0 unspecified atom stereocenters. The molecule has 0 saturated carbocycles. The Bertz CT molecular complexity index is 612. The van der Waals surface area contributed by atoms with Gasteiger partial charge in [0.15, 0.2) is 0 Å². The molecule has 2 heterocycles. The number of aromatic nitrogens is 2. The Hall–Kier alpha value is -0.806. The number of rotatable bonds is 6. The molecule has 2 aromatic heterocycles. The summed E-state index contributed by atoms with van der Waals surface area (Å²) in [6.07, 6.45) is 0. The molecule has 0 bridgehead atoms. The molecular formula is C18H32N4Ti. The number of aromatic amines is 2. The van der Waals surface area contributed by atoms with E-state index in [2.05, 4.69) is 84.5 Å². The van der Waals surface area contributed by atoms with Gasteiger partial charge < -0.3 is 0 Å². The zero-order valence-electron chi connectivity index (χ0n) is 16.0. The van der Waals surface area contributed by atoms with Crippen LogP contribution < -0.4 is 7.74 Å². The first-order valence-electron chi connectivity index (χ1n) is 8.54. The number of hydrogen-bond acceptors (Lipinski definition) is 2. The van der Waals surface area contributed by atoms with Crippen molar-refractivity contribution in [2.75, 3.05) is 27.2 Å². The Balaban J connectivity index is 2.85. The monoisotopic (exact) mass is 352 g/mol. The van der Waals surface area contributed by atoms with Gasteiger partial charge in [-0.2, -0.15) is 0 Å². The molecule has 0 atom stereocenters. The minimum atomic E-state index is -2.87. The summed E-state index contributed by atoms with van der Waals surface area (Å²) in [6, 6.07) is 4.77. The molecule has 128 valence electrons. The second-order valence-corrected chi connectivity index (χ2v) is 12.8. The maximum atomic E-state index is 3.55. The van der Waals surface area contributed by atoms with E-state index in [0.29, 0.717) is 0 Å². The van der Waals surface area contributed by atoms with Gasteiger partial charge in [0.1, 0.15) is 0 Å². The summed E-state index contributed by atoms with van der Waals surface area (Å²) >= 11 is -2.87. The Morgan fingerprint density at radius 2 is 1.13 bits per heavy atom. The predicted molar refractivity (Wildman–Crippen MR) is 96.4 cm³/mol. The van der Waals surface area contributed by atoms with Gasteiger partial charge in [-0.1, -0.05) is 0 Å². The van der Waals surface area contributed by atoms with E-state index in [9.17, 15) is 0 Å². The first kappa shape index (κ1) is 18.5. The third-order valence-electron chi connectivity index (χ3n) is 5.10. The Labute approximate surface area is 145 Å². The van der Waals surface area contributed by atoms with Crippen molar-refractivity contribution in [1.29, 1.82) is 0 Å². The SMILES string of the molecule is CC[N](C)[Ti]([c]1cc(C)[nH]c1C)([c]1cc(C)[nH]c1C)[N](C)CC. The van der Waals surface area contributed by atoms with Crippen LogP contribution in [-0.2, 0) is 17.1 Å². The molecule has 2 N–H and O–H groups in total. The summed E-state index contributed by atoms with van der Waals surface area (Å²) in [7, 11) is 4.60. The van der Waals surface area contributed by atoms with E-state index in [4.69, 9.17) is 0 Å². The molecule has 0 fully saturated rings. The quantitative estimate of drug-likeness (QED) is 0.784. The van der Waals surface area contributed by atoms with Crippen molar-refractivity contribution in [3.63, 3.8) is 0 Å². The van der Waals surface area contributed by atoms with E-state index < -0.39 is 17.1 Å². The number of aryl methyl sites for hydroxylation is 4. The fourth-order valence-corrected chi connectivity index (χ4v) is 12.4. The molecular weight excluding hydrogens is 320 g/mol. The number of nitrogens with zero attached hydrogens (tertiary/aromatic N) is 2. The zero-order chi connectivity index (χ0) is 17.4. The van der Waals surface area contributed by atoms with Gasteiger partial charge in [0, 0.05) is 0 Å². The van der Waals surface area contributed by atoms with Crippen molar-refractivity contribution in [3.05, 3.63) is 34.9 Å². The summed E-state index contributed by atoms with van der Waals surface area (Å²) in [6.45, 7) is 15.4. The molecule has 0 aromatic carbocycles. The number of nitrogens with one attached hydrogen (secondary N) is 2. The van der Waals surface area contributed by atoms with Gasteiger partial charge in [0.2, 0.25) is 0 Å². The van der Waals surface area contributed by atoms with E-state index in [0.717, 1.165) is 13.1 Å². The summed E-state index contributed by atoms with van der Waals surface area (Å²) in [4.78, 5) is 7.10. The molecule has 0 saturated heterocycles. The summed E-state index contributed by atoms with van der Waals surface area (Å²) < 4.78 is 8.32. The zero-order valence-corrected chi connectivity index (χ0v) is 17.5. The molecule has 23 heavy (non-hydrogen) atoms. The van der Waals surface area contributed by atoms with Gasteiger partial charge >= 0.3 is 145 Å². The average molecular weight is 352 g/mol. The van der Waals surface area contributed by atoms with Crippen molar-refractivity contribution < 1.29 is 17.1 Å². The molecule has 2 aromatic rings. The Morgan fingerprint density at radius 3 is 1.35 bits per heavy atom. The van der Waals surface area contributed by atoms with Crippen LogP contribution in [0.2, 0.25) is 0 Å². The normalized spacial score (nSPS) is 12.6. The van der Waals surface area contributed by atoms with E-state index in [1.807, 2.05) is 0 Å². The van der Waals surface area contributed by atoms with Gasteiger partial charge in [-0.05, 0) is 0 Å². The molecule has 0 aliphatic carbocycles. The molecule has 0 aliphatic rings. The molecule has 0 spiro atoms. The van der Waals surface area contributed by atoms with Gasteiger partial charge in [0.05, 0.1) is 0 Å². The molecule has 5 heteroatoms. The predicted octanol–water partition coefficient (Wildman–Crippen LogP) is 2.41. The van der Waals surface area contributed by atoms with Crippen LogP contribution in [-0.4, -0.2) is 43.9 Å². The van der Waals surface area contributed by atoms with Crippen molar-refractivity contribution in [2.24, 2.45) is 0 Å². The second-order valence-electron chi connectivity index (χ2n) is 6.68. The second kappa shape index (κ2) is 6.98. The van der Waals surface area contributed by atoms with Crippen LogP contribution in [0.25, 0.3) is 0 Å². The fraction of sp³-hybridized carbons (Fsp3) is 0.556. The van der Waals surface area contributed by atoms with Crippen LogP contribution in [0.5, 0.6) is 0 Å². The minimum absolute atomic E-state index is 1.05. The van der Waals surface area contributed by atoms with E-state index in [-0.39, 0.29) is 0 Å². The number of hydrogen-bond donors (Lipinski definition) is 2. The molecule has 0 radical (unpaired) electrons. The van der Waals surface area contributed by atoms with Crippen LogP contribution in [0.1, 0.15) is 36.6 Å². The molecule has 0 amide bonds. The Kier molecular flexibility index (Phi) is 5.62. The summed E-state index contributed by atoms with van der Waals surface area (Å²) in [5.41, 5.74) is 5.15. The molecule has 4 nitrogen and oxygen atoms in total. The van der Waals surface area contributed by atoms with Crippen molar-refractivity contribution in [1.82, 2.24) is 16.7 Å². The van der Waals surface area contributed by atoms with Crippen LogP contribution in [0.4, 0.5) is 0 Å². The summed E-state index contributed by atoms with van der Waals surface area (Å²) in [5.74, 6) is 0. The van der Waals surface area contributed by atoms with Crippen molar-refractivity contribution in [3.8, 4) is 0 Å². The maximum absolute atomic E-state index is 3.55. The van der Waals surface area contributed by atoms with Gasteiger partial charge in [-0.15, -0.1) is 0 Å². The fourth-order valence-electron chi connectivity index (χ4n) is 3.89. The van der Waals surface area contributed by atoms with Gasteiger partial charge in [0.25, 0.3) is 0 Å². The third kappa shape index (κ3) is 2.98. The average Bonchev–Trinajstić information content (AvgIpc) is 3.01. The van der Waals surface area contributed by atoms with Gasteiger partial charge in [-0.3, -0.25) is 0 Å². The van der Waals surface area contributed by atoms with Crippen LogP contribution in [0.15, 0.2) is 12.1 Å². The standard InChI is InChI=1S/2C6H8N.2C3H8N.Ti/c2*1-5-3-4-6(2)7-5;2*1-3-4-2;/h2*3,7H,1-2H3;2*3H2,1-2H3;/q;;2*-1;+2.